The minimum absolute atomic E-state index is 0.0168. The van der Waals surface area contributed by atoms with E-state index < -0.39 is 5.60 Å². The van der Waals surface area contributed by atoms with Crippen LogP contribution >= 0.6 is 0 Å². The summed E-state index contributed by atoms with van der Waals surface area (Å²) >= 11 is 0. The van der Waals surface area contributed by atoms with Crippen molar-refractivity contribution in [3.63, 3.8) is 0 Å². The fraction of sp³-hybridized carbons (Fsp3) is 0.588. The number of carbonyl (C=O) groups excluding carboxylic acids is 1. The van der Waals surface area contributed by atoms with Gasteiger partial charge in [-0.05, 0) is 51.3 Å². The maximum Gasteiger partial charge on any atom is 0.410 e. The van der Waals surface area contributed by atoms with Crippen molar-refractivity contribution in [2.24, 2.45) is 0 Å². The lowest BCUT2D eigenvalue weighted by atomic mass is 10.0. The second-order valence-electron chi connectivity index (χ2n) is 6.96. The van der Waals surface area contributed by atoms with E-state index in [4.69, 9.17) is 9.47 Å². The van der Waals surface area contributed by atoms with Crippen molar-refractivity contribution in [1.82, 2.24) is 4.90 Å². The van der Waals surface area contributed by atoms with Gasteiger partial charge >= 0.3 is 6.09 Å². The molecule has 2 saturated heterocycles. The van der Waals surface area contributed by atoms with E-state index in [1.165, 1.54) is 12.1 Å². The van der Waals surface area contributed by atoms with Crippen LogP contribution in [0.25, 0.3) is 0 Å². The Kier molecular flexibility index (Phi) is 3.85. The monoisotopic (exact) mass is 307 g/mol. The van der Waals surface area contributed by atoms with Crippen LogP contribution in [0.1, 0.15) is 45.3 Å². The molecule has 3 rings (SSSR count). The Morgan fingerprint density at radius 1 is 1.41 bits per heavy atom. The maximum atomic E-state index is 13.3. The number of benzene rings is 1. The van der Waals surface area contributed by atoms with E-state index in [1.54, 1.807) is 11.0 Å². The summed E-state index contributed by atoms with van der Waals surface area (Å²) in [6, 6.07) is 6.48. The molecule has 1 aromatic carbocycles. The van der Waals surface area contributed by atoms with Crippen molar-refractivity contribution in [1.29, 1.82) is 0 Å². The molecule has 5 heteroatoms. The fourth-order valence-corrected chi connectivity index (χ4v) is 3.05. The van der Waals surface area contributed by atoms with Crippen molar-refractivity contribution < 1.29 is 18.7 Å². The highest BCUT2D eigenvalue weighted by atomic mass is 19.1. The number of amides is 1. The van der Waals surface area contributed by atoms with Crippen LogP contribution < -0.4 is 0 Å². The second-order valence-corrected chi connectivity index (χ2v) is 6.96. The van der Waals surface area contributed by atoms with Gasteiger partial charge in [0.05, 0.1) is 6.04 Å². The molecule has 2 aliphatic rings. The van der Waals surface area contributed by atoms with Crippen LogP contribution in [0.2, 0.25) is 0 Å². The van der Waals surface area contributed by atoms with E-state index in [1.807, 2.05) is 26.8 Å². The number of hydrogen-bond donors (Lipinski definition) is 0. The van der Waals surface area contributed by atoms with E-state index in [-0.39, 0.29) is 30.2 Å². The van der Waals surface area contributed by atoms with E-state index in [0.717, 1.165) is 18.4 Å². The number of halogens is 1. The number of likely N-dealkylation sites (tertiary alicyclic amines) is 1. The van der Waals surface area contributed by atoms with Crippen molar-refractivity contribution in [2.45, 2.75) is 57.5 Å². The lowest BCUT2D eigenvalue weighted by Crippen LogP contribution is -2.42. The Morgan fingerprint density at radius 2 is 2.18 bits per heavy atom. The van der Waals surface area contributed by atoms with E-state index in [9.17, 15) is 9.18 Å². The zero-order chi connectivity index (χ0) is 15.9. The second kappa shape index (κ2) is 5.54. The number of nitrogens with zero attached hydrogens (tertiary/aromatic N) is 1. The smallest absolute Gasteiger partial charge is 0.410 e. The minimum Gasteiger partial charge on any atom is -0.444 e. The van der Waals surface area contributed by atoms with Gasteiger partial charge in [-0.1, -0.05) is 12.1 Å². The van der Waals surface area contributed by atoms with Gasteiger partial charge in [0.2, 0.25) is 0 Å². The molecular formula is C17H22FNO3. The topological polar surface area (TPSA) is 42.1 Å². The van der Waals surface area contributed by atoms with Gasteiger partial charge in [-0.3, -0.25) is 0 Å². The molecule has 1 amide bonds. The van der Waals surface area contributed by atoms with Gasteiger partial charge in [-0.15, -0.1) is 0 Å². The molecule has 2 fully saturated rings. The molecular weight excluding hydrogens is 285 g/mol. The summed E-state index contributed by atoms with van der Waals surface area (Å²) in [6.07, 6.45) is 1.37. The van der Waals surface area contributed by atoms with Crippen molar-refractivity contribution in [2.75, 3.05) is 6.54 Å². The highest BCUT2D eigenvalue weighted by Crippen LogP contribution is 2.45. The van der Waals surface area contributed by atoms with Gasteiger partial charge in [-0.2, -0.15) is 0 Å². The number of carbonyl (C=O) groups is 1. The molecule has 0 spiro atoms. The summed E-state index contributed by atoms with van der Waals surface area (Å²) in [7, 11) is 0. The standard InChI is InChI=1S/C17H22FNO3/c1-17(2,3)22-16(20)19-9-5-8-13(19)15-14(21-15)11-6-4-7-12(18)10-11/h4,6-7,10,13-15H,5,8-9H2,1-3H3/t13-,14-,15-/m1/s1. The van der Waals surface area contributed by atoms with Crippen LogP contribution in [0, 0.1) is 5.82 Å². The molecule has 2 aliphatic heterocycles. The van der Waals surface area contributed by atoms with Gasteiger partial charge in [0.15, 0.2) is 0 Å². The molecule has 2 heterocycles. The molecule has 0 saturated carbocycles. The molecule has 4 nitrogen and oxygen atoms in total. The van der Waals surface area contributed by atoms with Gasteiger partial charge in [-0.25, -0.2) is 9.18 Å². The van der Waals surface area contributed by atoms with E-state index in [2.05, 4.69) is 0 Å². The average Bonchev–Trinajstić information content (AvgIpc) is 3.05. The highest BCUT2D eigenvalue weighted by Gasteiger charge is 2.51. The quantitative estimate of drug-likeness (QED) is 0.783. The lowest BCUT2D eigenvalue weighted by molar-refractivity contribution is 0.0204. The molecule has 0 unspecified atom stereocenters. The predicted octanol–water partition coefficient (Wildman–Crippen LogP) is 3.67. The number of epoxide rings is 1. The van der Waals surface area contributed by atoms with Gasteiger partial charge in [0, 0.05) is 6.54 Å². The molecule has 1 aromatic rings. The van der Waals surface area contributed by atoms with Crippen LogP contribution in [-0.2, 0) is 9.47 Å². The first kappa shape index (κ1) is 15.3. The first-order valence-electron chi connectivity index (χ1n) is 7.76. The van der Waals surface area contributed by atoms with Crippen molar-refractivity contribution >= 4 is 6.09 Å². The van der Waals surface area contributed by atoms with Gasteiger partial charge in [0.1, 0.15) is 23.6 Å². The Balaban J connectivity index is 1.66. The third kappa shape index (κ3) is 3.24. The van der Waals surface area contributed by atoms with Crippen LogP contribution in [-0.4, -0.2) is 35.3 Å². The lowest BCUT2D eigenvalue weighted by Gasteiger charge is -2.28. The highest BCUT2D eigenvalue weighted by molar-refractivity contribution is 5.69. The number of rotatable bonds is 2. The van der Waals surface area contributed by atoms with Gasteiger partial charge < -0.3 is 14.4 Å². The van der Waals surface area contributed by atoms with Crippen LogP contribution in [0.4, 0.5) is 9.18 Å². The number of hydrogen-bond acceptors (Lipinski definition) is 3. The molecule has 120 valence electrons. The summed E-state index contributed by atoms with van der Waals surface area (Å²) in [6.45, 7) is 6.27. The first-order valence-corrected chi connectivity index (χ1v) is 7.76. The molecule has 0 aliphatic carbocycles. The van der Waals surface area contributed by atoms with Crippen LogP contribution in [0.3, 0.4) is 0 Å². The molecule has 0 bridgehead atoms. The summed E-state index contributed by atoms with van der Waals surface area (Å²) in [4.78, 5) is 14.0. The Hall–Kier alpha value is -1.62. The summed E-state index contributed by atoms with van der Waals surface area (Å²) in [5.41, 5.74) is 0.331. The summed E-state index contributed by atoms with van der Waals surface area (Å²) in [5, 5.41) is 0. The Labute approximate surface area is 130 Å². The third-order valence-electron chi connectivity index (χ3n) is 4.01. The minimum atomic E-state index is -0.503. The zero-order valence-corrected chi connectivity index (χ0v) is 13.2. The van der Waals surface area contributed by atoms with Crippen molar-refractivity contribution in [3.8, 4) is 0 Å². The average molecular weight is 307 g/mol. The maximum absolute atomic E-state index is 13.3. The molecule has 0 aromatic heterocycles. The Morgan fingerprint density at radius 3 is 2.86 bits per heavy atom. The van der Waals surface area contributed by atoms with Crippen molar-refractivity contribution in [3.05, 3.63) is 35.6 Å². The molecule has 3 atom stereocenters. The first-order chi connectivity index (χ1) is 10.3. The molecule has 22 heavy (non-hydrogen) atoms. The SMILES string of the molecule is CC(C)(C)OC(=O)N1CCC[C@@H]1[C@H]1O[C@@H]1c1cccc(F)c1. The fourth-order valence-electron chi connectivity index (χ4n) is 3.05. The van der Waals surface area contributed by atoms with Crippen LogP contribution in [0.5, 0.6) is 0 Å². The van der Waals surface area contributed by atoms with Crippen LogP contribution in [0.15, 0.2) is 24.3 Å². The molecule has 0 N–H and O–H groups in total. The van der Waals surface area contributed by atoms with E-state index >= 15 is 0 Å². The largest absolute Gasteiger partial charge is 0.444 e. The number of ether oxygens (including phenoxy) is 2. The predicted molar refractivity (Wildman–Crippen MR) is 80.0 cm³/mol. The molecule has 0 radical (unpaired) electrons. The normalized spacial score (nSPS) is 27.8. The Bertz CT molecular complexity index is 569. The zero-order valence-electron chi connectivity index (χ0n) is 13.2. The summed E-state index contributed by atoms with van der Waals surface area (Å²) < 4.78 is 24.5. The summed E-state index contributed by atoms with van der Waals surface area (Å²) in [5.74, 6) is -0.262. The van der Waals surface area contributed by atoms with Gasteiger partial charge in [0.25, 0.3) is 0 Å². The van der Waals surface area contributed by atoms with E-state index in [0.29, 0.717) is 6.54 Å². The third-order valence-corrected chi connectivity index (χ3v) is 4.01.